The predicted octanol–water partition coefficient (Wildman–Crippen LogP) is 2.54. The van der Waals surface area contributed by atoms with Crippen molar-refractivity contribution in [2.45, 2.75) is 64.3 Å². The SMILES string of the molecule is Cc1ccc(S(=O)(=O)NCCC(=O)OCC(=O)NC(C)CCCC(C)C)cc1. The molecule has 1 rings (SSSR count). The molecule has 0 aromatic heterocycles. The van der Waals surface area contributed by atoms with Gasteiger partial charge in [-0.2, -0.15) is 0 Å². The van der Waals surface area contributed by atoms with E-state index in [1.54, 1.807) is 12.1 Å². The molecular weight excluding hydrogens is 380 g/mol. The summed E-state index contributed by atoms with van der Waals surface area (Å²) in [5.41, 5.74) is 0.954. The summed E-state index contributed by atoms with van der Waals surface area (Å²) in [4.78, 5) is 23.6. The van der Waals surface area contributed by atoms with Crippen LogP contribution >= 0.6 is 0 Å². The second-order valence-corrected chi connectivity index (χ2v) is 9.18. The van der Waals surface area contributed by atoms with Gasteiger partial charge in [0.15, 0.2) is 6.61 Å². The van der Waals surface area contributed by atoms with Crippen molar-refractivity contribution in [3.05, 3.63) is 29.8 Å². The number of amides is 1. The van der Waals surface area contributed by atoms with Crippen molar-refractivity contribution < 1.29 is 22.7 Å². The maximum atomic E-state index is 12.1. The molecule has 0 aliphatic rings. The van der Waals surface area contributed by atoms with Gasteiger partial charge >= 0.3 is 5.97 Å². The molecule has 7 nitrogen and oxygen atoms in total. The Labute approximate surface area is 168 Å². The molecule has 0 saturated carbocycles. The van der Waals surface area contributed by atoms with Crippen molar-refractivity contribution in [3.8, 4) is 0 Å². The fourth-order valence-electron chi connectivity index (χ4n) is 2.53. The highest BCUT2D eigenvalue weighted by Crippen LogP contribution is 2.10. The van der Waals surface area contributed by atoms with E-state index in [4.69, 9.17) is 4.74 Å². The van der Waals surface area contributed by atoms with Crippen LogP contribution in [0.25, 0.3) is 0 Å². The van der Waals surface area contributed by atoms with Gasteiger partial charge in [-0.25, -0.2) is 13.1 Å². The molecule has 0 saturated heterocycles. The minimum atomic E-state index is -3.67. The van der Waals surface area contributed by atoms with E-state index in [0.29, 0.717) is 5.92 Å². The van der Waals surface area contributed by atoms with E-state index in [9.17, 15) is 18.0 Å². The lowest BCUT2D eigenvalue weighted by atomic mass is 10.0. The average Bonchev–Trinajstić information content (AvgIpc) is 2.60. The highest BCUT2D eigenvalue weighted by atomic mass is 32.2. The molecule has 1 aromatic rings. The molecule has 0 aliphatic heterocycles. The van der Waals surface area contributed by atoms with Crippen LogP contribution in [-0.4, -0.2) is 39.5 Å². The zero-order chi connectivity index (χ0) is 21.2. The summed E-state index contributed by atoms with van der Waals surface area (Å²) in [6.07, 6.45) is 2.86. The Morgan fingerprint density at radius 3 is 2.32 bits per heavy atom. The molecule has 1 unspecified atom stereocenters. The number of aryl methyl sites for hydroxylation is 1. The number of ether oxygens (including phenoxy) is 1. The molecule has 0 heterocycles. The third-order valence-electron chi connectivity index (χ3n) is 4.14. The number of hydrogen-bond donors (Lipinski definition) is 2. The summed E-state index contributed by atoms with van der Waals surface area (Å²) in [6, 6.07) is 6.42. The molecule has 28 heavy (non-hydrogen) atoms. The van der Waals surface area contributed by atoms with E-state index in [1.165, 1.54) is 12.1 Å². The van der Waals surface area contributed by atoms with Gasteiger partial charge in [0.25, 0.3) is 5.91 Å². The number of carbonyl (C=O) groups is 2. The lowest BCUT2D eigenvalue weighted by Gasteiger charge is -2.14. The van der Waals surface area contributed by atoms with Gasteiger partial charge in [-0.15, -0.1) is 0 Å². The van der Waals surface area contributed by atoms with Crippen LogP contribution in [-0.2, 0) is 24.3 Å². The maximum absolute atomic E-state index is 12.1. The number of sulfonamides is 1. The Kier molecular flexibility index (Phi) is 10.2. The van der Waals surface area contributed by atoms with Crippen LogP contribution in [0.4, 0.5) is 0 Å². The quantitative estimate of drug-likeness (QED) is 0.514. The Morgan fingerprint density at radius 2 is 1.71 bits per heavy atom. The van der Waals surface area contributed by atoms with Crippen LogP contribution in [0, 0.1) is 12.8 Å². The van der Waals surface area contributed by atoms with Crippen LogP contribution in [0.2, 0.25) is 0 Å². The van der Waals surface area contributed by atoms with E-state index in [-0.39, 0.29) is 36.4 Å². The predicted molar refractivity (Wildman–Crippen MR) is 108 cm³/mol. The molecular formula is C20H32N2O5S. The van der Waals surface area contributed by atoms with E-state index in [0.717, 1.165) is 24.8 Å². The minimum Gasteiger partial charge on any atom is -0.456 e. The van der Waals surface area contributed by atoms with Gasteiger partial charge in [-0.3, -0.25) is 9.59 Å². The first-order valence-electron chi connectivity index (χ1n) is 9.61. The molecule has 158 valence electrons. The number of carbonyl (C=O) groups excluding carboxylic acids is 2. The van der Waals surface area contributed by atoms with Gasteiger partial charge < -0.3 is 10.1 Å². The summed E-state index contributed by atoms with van der Waals surface area (Å²) < 4.78 is 31.5. The van der Waals surface area contributed by atoms with E-state index >= 15 is 0 Å². The van der Waals surface area contributed by atoms with Crippen LogP contribution in [0.5, 0.6) is 0 Å². The van der Waals surface area contributed by atoms with Crippen LogP contribution in [0.15, 0.2) is 29.2 Å². The summed E-state index contributed by atoms with van der Waals surface area (Å²) in [5, 5.41) is 2.79. The summed E-state index contributed by atoms with van der Waals surface area (Å²) in [5.74, 6) is -0.355. The molecule has 0 radical (unpaired) electrons. The normalized spacial score (nSPS) is 12.6. The third kappa shape index (κ3) is 9.85. The molecule has 0 spiro atoms. The highest BCUT2D eigenvalue weighted by Gasteiger charge is 2.15. The molecule has 0 aliphatic carbocycles. The molecule has 2 N–H and O–H groups in total. The Balaban J connectivity index is 2.25. The molecule has 1 amide bonds. The number of nitrogens with one attached hydrogen (secondary N) is 2. The minimum absolute atomic E-state index is 0.0197. The van der Waals surface area contributed by atoms with Gasteiger partial charge in [-0.1, -0.05) is 44.4 Å². The topological polar surface area (TPSA) is 102 Å². The van der Waals surface area contributed by atoms with E-state index in [2.05, 4.69) is 23.9 Å². The van der Waals surface area contributed by atoms with Crippen LogP contribution in [0.3, 0.4) is 0 Å². The van der Waals surface area contributed by atoms with Gasteiger partial charge in [0.2, 0.25) is 10.0 Å². The smallest absolute Gasteiger partial charge is 0.307 e. The largest absolute Gasteiger partial charge is 0.456 e. The zero-order valence-electron chi connectivity index (χ0n) is 17.2. The molecule has 8 heteroatoms. The Bertz CT molecular complexity index is 729. The van der Waals surface area contributed by atoms with Crippen molar-refractivity contribution >= 4 is 21.9 Å². The summed E-state index contributed by atoms with van der Waals surface area (Å²) in [6.45, 7) is 7.63. The van der Waals surface area contributed by atoms with Crippen LogP contribution in [0.1, 0.15) is 52.0 Å². The van der Waals surface area contributed by atoms with Crippen molar-refractivity contribution in [1.82, 2.24) is 10.0 Å². The average molecular weight is 413 g/mol. The number of esters is 1. The van der Waals surface area contributed by atoms with Gasteiger partial charge in [0, 0.05) is 12.6 Å². The first kappa shape index (κ1) is 24.1. The maximum Gasteiger partial charge on any atom is 0.307 e. The monoisotopic (exact) mass is 412 g/mol. The van der Waals surface area contributed by atoms with Gasteiger partial charge in [-0.05, 0) is 38.3 Å². The fraction of sp³-hybridized carbons (Fsp3) is 0.600. The second kappa shape index (κ2) is 11.8. The van der Waals surface area contributed by atoms with Crippen molar-refractivity contribution in [3.63, 3.8) is 0 Å². The first-order chi connectivity index (χ1) is 13.1. The highest BCUT2D eigenvalue weighted by molar-refractivity contribution is 7.89. The lowest BCUT2D eigenvalue weighted by molar-refractivity contribution is -0.148. The van der Waals surface area contributed by atoms with Crippen molar-refractivity contribution in [2.24, 2.45) is 5.92 Å². The molecule has 0 fully saturated rings. The van der Waals surface area contributed by atoms with Crippen molar-refractivity contribution in [2.75, 3.05) is 13.2 Å². The molecule has 1 atom stereocenters. The third-order valence-corrected chi connectivity index (χ3v) is 5.62. The van der Waals surface area contributed by atoms with E-state index in [1.807, 2.05) is 13.8 Å². The van der Waals surface area contributed by atoms with Crippen molar-refractivity contribution in [1.29, 1.82) is 0 Å². The number of rotatable bonds is 12. The summed E-state index contributed by atoms with van der Waals surface area (Å²) >= 11 is 0. The first-order valence-corrected chi connectivity index (χ1v) is 11.1. The zero-order valence-corrected chi connectivity index (χ0v) is 18.0. The molecule has 1 aromatic carbocycles. The Morgan fingerprint density at radius 1 is 1.07 bits per heavy atom. The van der Waals surface area contributed by atoms with Gasteiger partial charge in [0.1, 0.15) is 0 Å². The summed E-state index contributed by atoms with van der Waals surface area (Å²) in [7, 11) is -3.67. The number of hydrogen-bond acceptors (Lipinski definition) is 5. The number of benzene rings is 1. The fourth-order valence-corrected chi connectivity index (χ4v) is 3.56. The van der Waals surface area contributed by atoms with E-state index < -0.39 is 16.0 Å². The van der Waals surface area contributed by atoms with Gasteiger partial charge in [0.05, 0.1) is 11.3 Å². The van der Waals surface area contributed by atoms with Crippen LogP contribution < -0.4 is 10.0 Å². The standard InChI is InChI=1S/C20H32N2O5S/c1-15(2)6-5-7-17(4)22-19(23)14-27-20(24)12-13-21-28(25,26)18-10-8-16(3)9-11-18/h8-11,15,17,21H,5-7,12-14H2,1-4H3,(H,22,23). The second-order valence-electron chi connectivity index (χ2n) is 7.41. The Hall–Kier alpha value is -1.93. The molecule has 0 bridgehead atoms. The lowest BCUT2D eigenvalue weighted by Crippen LogP contribution is -2.36.